The molecule has 6 nitrogen and oxygen atoms in total. The van der Waals surface area contributed by atoms with Crippen LogP contribution in [0.4, 0.5) is 5.69 Å². The molecule has 0 radical (unpaired) electrons. The highest BCUT2D eigenvalue weighted by Crippen LogP contribution is 2.44. The van der Waals surface area contributed by atoms with Gasteiger partial charge in [-0.05, 0) is 78.6 Å². The first-order chi connectivity index (χ1) is 18.4. The fourth-order valence-electron chi connectivity index (χ4n) is 4.65. The van der Waals surface area contributed by atoms with E-state index in [0.717, 1.165) is 11.1 Å². The van der Waals surface area contributed by atoms with Crippen LogP contribution in [0.3, 0.4) is 0 Å². The molecule has 4 aromatic rings. The molecular formula is C31H25ClN2O4. The number of carbonyl (C=O) groups is 2. The standard InChI is InChI=1S/C31H25ClN2O4/c1-19-17-23(11-12-26(19)38-18-21-7-4-3-5-8-21)29(35)27-28(22-13-15-33-16-14-22)34(31(37)30(27)36)25-10-6-9-24(32)20(25)2/h3-17,28,35H,18H2,1-2H3/b29-27+. The van der Waals surface area contributed by atoms with Gasteiger partial charge in [-0.2, -0.15) is 0 Å². The molecule has 1 atom stereocenters. The second kappa shape index (κ2) is 10.5. The molecule has 1 fully saturated rings. The van der Waals surface area contributed by atoms with Crippen LogP contribution in [0.25, 0.3) is 5.76 Å². The van der Waals surface area contributed by atoms with Crippen molar-refractivity contribution in [2.75, 3.05) is 4.90 Å². The Morgan fingerprint density at radius 1 is 0.974 bits per heavy atom. The molecular weight excluding hydrogens is 500 g/mol. The summed E-state index contributed by atoms with van der Waals surface area (Å²) in [4.78, 5) is 32.3. The van der Waals surface area contributed by atoms with Crippen molar-refractivity contribution >= 4 is 34.7 Å². The van der Waals surface area contributed by atoms with Gasteiger partial charge in [-0.3, -0.25) is 19.5 Å². The van der Waals surface area contributed by atoms with E-state index in [4.69, 9.17) is 16.3 Å². The Labute approximate surface area is 225 Å². The highest BCUT2D eigenvalue weighted by Gasteiger charge is 2.47. The summed E-state index contributed by atoms with van der Waals surface area (Å²) in [7, 11) is 0. The molecule has 1 saturated heterocycles. The summed E-state index contributed by atoms with van der Waals surface area (Å²) in [6.45, 7) is 4.06. The van der Waals surface area contributed by atoms with Crippen LogP contribution in [0.2, 0.25) is 5.02 Å². The summed E-state index contributed by atoms with van der Waals surface area (Å²) >= 11 is 6.36. The Hall–Kier alpha value is -4.42. The number of carbonyl (C=O) groups excluding carboxylic acids is 2. The number of halogens is 1. The second-order valence-corrected chi connectivity index (χ2v) is 9.50. The number of hydrogen-bond donors (Lipinski definition) is 1. The molecule has 1 aromatic heterocycles. The highest BCUT2D eigenvalue weighted by atomic mass is 35.5. The van der Waals surface area contributed by atoms with Gasteiger partial charge in [-0.15, -0.1) is 0 Å². The molecule has 0 bridgehead atoms. The fraction of sp³-hybridized carbons (Fsp3) is 0.129. The maximum atomic E-state index is 13.4. The average molecular weight is 525 g/mol. The van der Waals surface area contributed by atoms with Crippen LogP contribution < -0.4 is 9.64 Å². The fourth-order valence-corrected chi connectivity index (χ4v) is 4.82. The maximum Gasteiger partial charge on any atom is 0.300 e. The Balaban J connectivity index is 1.57. The normalized spacial score (nSPS) is 16.6. The molecule has 3 aromatic carbocycles. The van der Waals surface area contributed by atoms with E-state index in [1.807, 2.05) is 37.3 Å². The number of aromatic nitrogens is 1. The van der Waals surface area contributed by atoms with Crippen molar-refractivity contribution in [1.82, 2.24) is 4.98 Å². The monoisotopic (exact) mass is 524 g/mol. The van der Waals surface area contributed by atoms with E-state index in [0.29, 0.717) is 39.8 Å². The second-order valence-electron chi connectivity index (χ2n) is 9.09. The molecule has 1 N–H and O–H groups in total. The smallest absolute Gasteiger partial charge is 0.300 e. The number of hydrogen-bond acceptors (Lipinski definition) is 5. The number of anilines is 1. The molecule has 190 valence electrons. The molecule has 1 amide bonds. The summed E-state index contributed by atoms with van der Waals surface area (Å²) in [5.74, 6) is -1.11. The number of benzene rings is 3. The van der Waals surface area contributed by atoms with E-state index < -0.39 is 17.7 Å². The number of aryl methyl sites for hydroxylation is 1. The van der Waals surface area contributed by atoms with E-state index >= 15 is 0 Å². The highest BCUT2D eigenvalue weighted by molar-refractivity contribution is 6.52. The topological polar surface area (TPSA) is 79.7 Å². The van der Waals surface area contributed by atoms with Crippen LogP contribution in [-0.4, -0.2) is 21.8 Å². The van der Waals surface area contributed by atoms with E-state index in [9.17, 15) is 14.7 Å². The van der Waals surface area contributed by atoms with E-state index in [-0.39, 0.29) is 11.3 Å². The Morgan fingerprint density at radius 2 is 1.71 bits per heavy atom. The molecule has 5 rings (SSSR count). The van der Waals surface area contributed by atoms with Gasteiger partial charge >= 0.3 is 0 Å². The summed E-state index contributed by atoms with van der Waals surface area (Å²) in [5.41, 5.74) is 4.03. The molecule has 0 saturated carbocycles. The average Bonchev–Trinajstić information content (AvgIpc) is 3.20. The van der Waals surface area contributed by atoms with Gasteiger partial charge in [0.25, 0.3) is 11.7 Å². The summed E-state index contributed by atoms with van der Waals surface area (Å²) in [5, 5.41) is 11.9. The quantitative estimate of drug-likeness (QED) is 0.175. The predicted octanol–water partition coefficient (Wildman–Crippen LogP) is 6.56. The number of aliphatic hydroxyl groups is 1. The van der Waals surface area contributed by atoms with Gasteiger partial charge in [0.1, 0.15) is 18.1 Å². The van der Waals surface area contributed by atoms with Crippen molar-refractivity contribution < 1.29 is 19.4 Å². The lowest BCUT2D eigenvalue weighted by molar-refractivity contribution is -0.132. The third-order valence-corrected chi connectivity index (χ3v) is 7.06. The lowest BCUT2D eigenvalue weighted by Gasteiger charge is -2.27. The predicted molar refractivity (Wildman–Crippen MR) is 147 cm³/mol. The third kappa shape index (κ3) is 4.66. The van der Waals surface area contributed by atoms with Crippen LogP contribution in [-0.2, 0) is 16.2 Å². The summed E-state index contributed by atoms with van der Waals surface area (Å²) in [6, 6.07) is 22.8. The maximum absolute atomic E-state index is 13.4. The van der Waals surface area contributed by atoms with Gasteiger partial charge in [0.05, 0.1) is 11.6 Å². The zero-order valence-electron chi connectivity index (χ0n) is 20.9. The minimum Gasteiger partial charge on any atom is -0.507 e. The van der Waals surface area contributed by atoms with Crippen LogP contribution >= 0.6 is 11.6 Å². The van der Waals surface area contributed by atoms with Crippen LogP contribution in [0, 0.1) is 13.8 Å². The number of pyridine rings is 1. The van der Waals surface area contributed by atoms with Crippen molar-refractivity contribution in [3.63, 3.8) is 0 Å². The minimum absolute atomic E-state index is 0.00192. The van der Waals surface area contributed by atoms with E-state index in [2.05, 4.69) is 4.98 Å². The minimum atomic E-state index is -0.857. The molecule has 1 unspecified atom stereocenters. The first-order valence-electron chi connectivity index (χ1n) is 12.1. The largest absolute Gasteiger partial charge is 0.507 e. The molecule has 2 heterocycles. The Kier molecular flexibility index (Phi) is 6.99. The number of amides is 1. The summed E-state index contributed by atoms with van der Waals surface area (Å²) < 4.78 is 5.96. The number of rotatable bonds is 6. The molecule has 7 heteroatoms. The van der Waals surface area contributed by atoms with Gasteiger partial charge < -0.3 is 9.84 Å². The molecule has 0 spiro atoms. The third-order valence-electron chi connectivity index (χ3n) is 6.65. The van der Waals surface area contributed by atoms with Crippen molar-refractivity contribution in [3.8, 4) is 5.75 Å². The van der Waals surface area contributed by atoms with Crippen molar-refractivity contribution in [1.29, 1.82) is 0 Å². The Bertz CT molecular complexity index is 1550. The zero-order chi connectivity index (χ0) is 26.8. The first-order valence-corrected chi connectivity index (χ1v) is 12.5. The SMILES string of the molecule is Cc1cc(/C(O)=C2\C(=O)C(=O)N(c3cccc(Cl)c3C)C2c2ccncc2)ccc1OCc1ccccc1. The van der Waals surface area contributed by atoms with Crippen LogP contribution in [0.5, 0.6) is 5.75 Å². The molecule has 1 aliphatic rings. The Morgan fingerprint density at radius 3 is 2.42 bits per heavy atom. The number of Topliss-reactive ketones (excluding diaryl/α,β-unsaturated/α-hetero) is 1. The van der Waals surface area contributed by atoms with Gasteiger partial charge in [-0.25, -0.2) is 0 Å². The van der Waals surface area contributed by atoms with Gasteiger partial charge in [0.2, 0.25) is 0 Å². The lowest BCUT2D eigenvalue weighted by atomic mass is 9.95. The number of nitrogens with zero attached hydrogens (tertiary/aromatic N) is 2. The van der Waals surface area contributed by atoms with Gasteiger partial charge in [0.15, 0.2) is 0 Å². The molecule has 1 aliphatic heterocycles. The van der Waals surface area contributed by atoms with E-state index in [1.165, 1.54) is 4.90 Å². The lowest BCUT2D eigenvalue weighted by Crippen LogP contribution is -2.30. The first kappa shape index (κ1) is 25.2. The zero-order valence-corrected chi connectivity index (χ0v) is 21.6. The van der Waals surface area contributed by atoms with Crippen LogP contribution in [0.15, 0.2) is 96.8 Å². The summed E-state index contributed by atoms with van der Waals surface area (Å²) in [6.07, 6.45) is 3.17. The van der Waals surface area contributed by atoms with Crippen molar-refractivity contribution in [2.24, 2.45) is 0 Å². The van der Waals surface area contributed by atoms with Crippen LogP contribution in [0.1, 0.15) is 33.9 Å². The molecule has 38 heavy (non-hydrogen) atoms. The van der Waals surface area contributed by atoms with E-state index in [1.54, 1.807) is 67.8 Å². The number of ether oxygens (including phenoxy) is 1. The number of aliphatic hydroxyl groups excluding tert-OH is 1. The van der Waals surface area contributed by atoms with Crippen molar-refractivity contribution in [3.05, 3.63) is 130 Å². The van der Waals surface area contributed by atoms with Gasteiger partial charge in [0, 0.05) is 28.7 Å². The number of ketones is 1. The molecule has 0 aliphatic carbocycles. The van der Waals surface area contributed by atoms with Crippen molar-refractivity contribution in [2.45, 2.75) is 26.5 Å². The van der Waals surface area contributed by atoms with Gasteiger partial charge in [-0.1, -0.05) is 48.0 Å².